The van der Waals surface area contributed by atoms with Gasteiger partial charge in [-0.2, -0.15) is 9.97 Å². The lowest BCUT2D eigenvalue weighted by Gasteiger charge is -2.09. The Balaban J connectivity index is 2.36. The van der Waals surface area contributed by atoms with E-state index in [4.69, 9.17) is 18.9 Å². The minimum absolute atomic E-state index is 0.162. The first-order chi connectivity index (χ1) is 10.7. The highest BCUT2D eigenvalue weighted by atomic mass is 16.5. The van der Waals surface area contributed by atoms with Crippen molar-refractivity contribution in [2.75, 3.05) is 28.4 Å². The number of ether oxygens (including phenoxy) is 4. The van der Waals surface area contributed by atoms with E-state index in [1.807, 2.05) is 24.3 Å². The quantitative estimate of drug-likeness (QED) is 0.762. The zero-order chi connectivity index (χ0) is 15.9. The number of methoxy groups -OCH3 is 4. The van der Waals surface area contributed by atoms with Gasteiger partial charge < -0.3 is 18.9 Å². The molecule has 0 N–H and O–H groups in total. The zero-order valence-corrected chi connectivity index (χ0v) is 12.9. The van der Waals surface area contributed by atoms with Gasteiger partial charge in [-0.15, -0.1) is 0 Å². The van der Waals surface area contributed by atoms with Crippen LogP contribution in [-0.4, -0.2) is 44.6 Å². The maximum absolute atomic E-state index is 5.23. The molecule has 0 aliphatic rings. The second kappa shape index (κ2) is 7.26. The average molecular weight is 303 g/mol. The minimum atomic E-state index is 0.162. The maximum Gasteiger partial charge on any atom is 0.322 e. The summed E-state index contributed by atoms with van der Waals surface area (Å²) in [6.07, 6.45) is 1.58. The molecular weight excluding hydrogens is 286 g/mol. The lowest BCUT2D eigenvalue weighted by Crippen LogP contribution is -2.03. The van der Waals surface area contributed by atoms with Gasteiger partial charge in [-0.05, 0) is 24.3 Å². The van der Waals surface area contributed by atoms with E-state index < -0.39 is 0 Å². The van der Waals surface area contributed by atoms with Crippen LogP contribution in [-0.2, 0) is 0 Å². The third kappa shape index (κ3) is 3.43. The number of hydrogen-bond donors (Lipinski definition) is 0. The Labute approximate surface area is 128 Å². The molecule has 1 heterocycles. The van der Waals surface area contributed by atoms with E-state index in [1.165, 1.54) is 21.3 Å². The molecule has 0 spiro atoms. The largest absolute Gasteiger partial charge is 0.497 e. The fourth-order valence-corrected chi connectivity index (χ4v) is 1.73. The van der Waals surface area contributed by atoms with Crippen LogP contribution in [0.25, 0.3) is 0 Å². The van der Waals surface area contributed by atoms with Crippen molar-refractivity contribution in [3.8, 4) is 23.5 Å². The van der Waals surface area contributed by atoms with Gasteiger partial charge in [-0.1, -0.05) is 0 Å². The molecule has 0 radical (unpaired) electrons. The normalized spacial score (nSPS) is 10.5. The number of aliphatic imine (C=N–C) groups is 1. The Hall–Kier alpha value is -2.83. The fourth-order valence-electron chi connectivity index (χ4n) is 1.73. The second-order valence-corrected chi connectivity index (χ2v) is 4.10. The van der Waals surface area contributed by atoms with Crippen molar-refractivity contribution in [2.24, 2.45) is 4.99 Å². The summed E-state index contributed by atoms with van der Waals surface area (Å²) < 4.78 is 20.6. The lowest BCUT2D eigenvalue weighted by molar-refractivity contribution is 0.328. The molecule has 2 aromatic rings. The molecule has 2 rings (SSSR count). The van der Waals surface area contributed by atoms with Crippen molar-refractivity contribution in [1.29, 1.82) is 0 Å². The first kappa shape index (κ1) is 15.6. The van der Waals surface area contributed by atoms with Crippen LogP contribution in [0.1, 0.15) is 5.56 Å². The Bertz CT molecular complexity index is 631. The van der Waals surface area contributed by atoms with Crippen LogP contribution in [0.3, 0.4) is 0 Å². The van der Waals surface area contributed by atoms with E-state index in [0.29, 0.717) is 17.3 Å². The maximum atomic E-state index is 5.23. The minimum Gasteiger partial charge on any atom is -0.497 e. The van der Waals surface area contributed by atoms with Gasteiger partial charge in [0.15, 0.2) is 0 Å². The van der Waals surface area contributed by atoms with Crippen LogP contribution < -0.4 is 18.9 Å². The summed E-state index contributed by atoms with van der Waals surface area (Å²) in [6.45, 7) is 0. The molecule has 0 atom stereocenters. The van der Waals surface area contributed by atoms with E-state index >= 15 is 0 Å². The number of benzene rings is 1. The van der Waals surface area contributed by atoms with Crippen molar-refractivity contribution in [1.82, 2.24) is 9.97 Å². The van der Waals surface area contributed by atoms with Gasteiger partial charge >= 0.3 is 6.01 Å². The number of hydrogen-bond acceptors (Lipinski definition) is 7. The first-order valence-electron chi connectivity index (χ1n) is 6.44. The topological polar surface area (TPSA) is 75.1 Å². The zero-order valence-electron chi connectivity index (χ0n) is 12.9. The van der Waals surface area contributed by atoms with Crippen LogP contribution in [0.4, 0.5) is 5.69 Å². The average Bonchev–Trinajstić information content (AvgIpc) is 2.59. The molecule has 0 bridgehead atoms. The van der Waals surface area contributed by atoms with Gasteiger partial charge in [0.2, 0.25) is 11.8 Å². The van der Waals surface area contributed by atoms with Crippen molar-refractivity contribution < 1.29 is 18.9 Å². The van der Waals surface area contributed by atoms with Crippen LogP contribution in [0, 0.1) is 0 Å². The molecule has 22 heavy (non-hydrogen) atoms. The number of rotatable bonds is 6. The predicted molar refractivity (Wildman–Crippen MR) is 81.9 cm³/mol. The standard InChI is InChI=1S/C15H17N3O4/c1-19-11-7-5-10(6-8-11)16-9-12-13(20-2)17-15(22-4)18-14(12)21-3/h5-9H,1-4H3. The Morgan fingerprint density at radius 3 is 1.86 bits per heavy atom. The van der Waals surface area contributed by atoms with Gasteiger partial charge in [-0.3, -0.25) is 4.99 Å². The summed E-state index contributed by atoms with van der Waals surface area (Å²) in [5.41, 5.74) is 1.28. The molecule has 116 valence electrons. The second-order valence-electron chi connectivity index (χ2n) is 4.10. The predicted octanol–water partition coefficient (Wildman–Crippen LogP) is 2.26. The molecule has 0 unspecified atom stereocenters. The molecular formula is C15H17N3O4. The molecule has 7 nitrogen and oxygen atoms in total. The highest BCUT2D eigenvalue weighted by Crippen LogP contribution is 2.26. The molecule has 0 aliphatic carbocycles. The molecule has 0 saturated carbocycles. The smallest absolute Gasteiger partial charge is 0.322 e. The highest BCUT2D eigenvalue weighted by Gasteiger charge is 2.14. The van der Waals surface area contributed by atoms with E-state index in [2.05, 4.69) is 15.0 Å². The van der Waals surface area contributed by atoms with Crippen LogP contribution in [0.5, 0.6) is 23.5 Å². The molecule has 1 aromatic carbocycles. The summed E-state index contributed by atoms with van der Waals surface area (Å²) in [4.78, 5) is 12.6. The molecule has 0 aliphatic heterocycles. The Kier molecular flexibility index (Phi) is 5.13. The van der Waals surface area contributed by atoms with Gasteiger partial charge in [0.25, 0.3) is 0 Å². The third-order valence-electron chi connectivity index (χ3n) is 2.84. The number of nitrogens with zero attached hydrogens (tertiary/aromatic N) is 3. The molecule has 0 fully saturated rings. The Morgan fingerprint density at radius 1 is 0.818 bits per heavy atom. The van der Waals surface area contributed by atoms with Crippen LogP contribution >= 0.6 is 0 Å². The van der Waals surface area contributed by atoms with E-state index in [0.717, 1.165) is 11.4 Å². The summed E-state index contributed by atoms with van der Waals surface area (Å²) in [6, 6.07) is 7.48. The van der Waals surface area contributed by atoms with Gasteiger partial charge in [0.05, 0.1) is 34.1 Å². The first-order valence-corrected chi connectivity index (χ1v) is 6.44. The van der Waals surface area contributed by atoms with Crippen molar-refractivity contribution in [3.05, 3.63) is 29.8 Å². The molecule has 0 saturated heterocycles. The monoisotopic (exact) mass is 303 g/mol. The molecule has 7 heteroatoms. The summed E-state index contributed by atoms with van der Waals surface area (Å²) in [5, 5.41) is 0. The van der Waals surface area contributed by atoms with Crippen molar-refractivity contribution in [2.45, 2.75) is 0 Å². The van der Waals surface area contributed by atoms with Gasteiger partial charge in [0.1, 0.15) is 11.3 Å². The Morgan fingerprint density at radius 2 is 1.41 bits per heavy atom. The van der Waals surface area contributed by atoms with E-state index in [-0.39, 0.29) is 6.01 Å². The fraction of sp³-hybridized carbons (Fsp3) is 0.267. The van der Waals surface area contributed by atoms with E-state index in [1.54, 1.807) is 13.3 Å². The summed E-state index contributed by atoms with van der Waals surface area (Å²) in [7, 11) is 6.10. The van der Waals surface area contributed by atoms with E-state index in [9.17, 15) is 0 Å². The van der Waals surface area contributed by atoms with Crippen LogP contribution in [0.15, 0.2) is 29.3 Å². The molecule has 1 aromatic heterocycles. The van der Waals surface area contributed by atoms with Crippen molar-refractivity contribution >= 4 is 11.9 Å². The van der Waals surface area contributed by atoms with Gasteiger partial charge in [-0.25, -0.2) is 0 Å². The van der Waals surface area contributed by atoms with Crippen molar-refractivity contribution in [3.63, 3.8) is 0 Å². The SMILES string of the molecule is COc1ccc(N=Cc2c(OC)nc(OC)nc2OC)cc1. The third-order valence-corrected chi connectivity index (χ3v) is 2.84. The summed E-state index contributed by atoms with van der Waals surface area (Å²) in [5.74, 6) is 1.41. The van der Waals surface area contributed by atoms with Gasteiger partial charge in [0, 0.05) is 6.21 Å². The highest BCUT2D eigenvalue weighted by molar-refractivity contribution is 5.87. The molecule has 0 amide bonds. The number of aromatic nitrogens is 2. The lowest BCUT2D eigenvalue weighted by atomic mass is 10.3. The van der Waals surface area contributed by atoms with Crippen LogP contribution in [0.2, 0.25) is 0 Å². The summed E-state index contributed by atoms with van der Waals surface area (Å²) >= 11 is 0.